The lowest BCUT2D eigenvalue weighted by Gasteiger charge is -2.22. The number of aromatic carboxylic acids is 1. The van der Waals surface area contributed by atoms with Gasteiger partial charge in [-0.25, -0.2) is 4.79 Å². The van der Waals surface area contributed by atoms with E-state index in [4.69, 9.17) is 9.84 Å². The molecule has 0 aliphatic carbocycles. The maximum Gasteiger partial charge on any atom is 0.374 e. The largest absolute Gasteiger partial charge is 0.475 e. The molecule has 1 rings (SSSR count). The first-order valence-corrected chi connectivity index (χ1v) is 4.70. The highest BCUT2D eigenvalue weighted by Crippen LogP contribution is 2.22. The van der Waals surface area contributed by atoms with Crippen LogP contribution in [0.25, 0.3) is 0 Å². The normalized spacial score (nSPS) is 11.5. The molecule has 1 aromatic heterocycles. The number of carboxylic acid groups (broad SMARTS) is 1. The Hall–Kier alpha value is -1.59. The first kappa shape index (κ1) is 11.5. The summed E-state index contributed by atoms with van der Waals surface area (Å²) in [5.74, 6) is -1.21. The molecule has 0 spiro atoms. The summed E-state index contributed by atoms with van der Waals surface area (Å²) < 4.78 is 6.69. The molecule has 0 bridgehead atoms. The molecule has 15 heavy (non-hydrogen) atoms. The number of carboxylic acids is 1. The zero-order valence-electron chi connectivity index (χ0n) is 9.31. The summed E-state index contributed by atoms with van der Waals surface area (Å²) in [5.41, 5.74) is -0.429. The number of aromatic nitrogens is 3. The van der Waals surface area contributed by atoms with Crippen LogP contribution in [0, 0.1) is 0 Å². The summed E-state index contributed by atoms with van der Waals surface area (Å²) in [6.07, 6.45) is 0. The summed E-state index contributed by atoms with van der Waals surface area (Å²) in [6.45, 7) is 7.83. The van der Waals surface area contributed by atoms with E-state index in [9.17, 15) is 4.79 Å². The lowest BCUT2D eigenvalue weighted by atomic mass is 10.1. The molecule has 84 valence electrons. The van der Waals surface area contributed by atoms with Crippen molar-refractivity contribution < 1.29 is 14.6 Å². The van der Waals surface area contributed by atoms with Crippen molar-refractivity contribution in [1.29, 1.82) is 0 Å². The fourth-order valence-electron chi connectivity index (χ4n) is 1.24. The predicted molar refractivity (Wildman–Crippen MR) is 53.1 cm³/mol. The highest BCUT2D eigenvalue weighted by molar-refractivity contribution is 5.83. The van der Waals surface area contributed by atoms with Crippen molar-refractivity contribution >= 4 is 5.97 Å². The molecule has 1 N–H and O–H groups in total. The summed E-state index contributed by atoms with van der Waals surface area (Å²) in [5, 5.41) is 16.2. The molecular weight excluding hydrogens is 198 g/mol. The fraction of sp³-hybridized carbons (Fsp3) is 0.667. The Morgan fingerprint density at radius 3 is 2.47 bits per heavy atom. The molecule has 0 saturated heterocycles. The van der Waals surface area contributed by atoms with Crippen LogP contribution in [-0.4, -0.2) is 32.4 Å². The van der Waals surface area contributed by atoms with Gasteiger partial charge in [0.05, 0.1) is 6.61 Å². The topological polar surface area (TPSA) is 77.2 Å². The lowest BCUT2D eigenvalue weighted by molar-refractivity contribution is 0.0668. The van der Waals surface area contributed by atoms with Crippen LogP contribution < -0.4 is 4.74 Å². The average Bonchev–Trinajstić information content (AvgIpc) is 2.47. The number of ether oxygens (including phenoxy) is 1. The van der Waals surface area contributed by atoms with E-state index in [0.29, 0.717) is 6.61 Å². The highest BCUT2D eigenvalue weighted by atomic mass is 16.5. The summed E-state index contributed by atoms with van der Waals surface area (Å²) in [4.78, 5) is 10.9. The predicted octanol–water partition coefficient (Wildman–Crippen LogP) is 1.13. The van der Waals surface area contributed by atoms with Gasteiger partial charge in [0.25, 0.3) is 0 Å². The van der Waals surface area contributed by atoms with Crippen LogP contribution >= 0.6 is 0 Å². The second-order valence-corrected chi connectivity index (χ2v) is 4.05. The number of carbonyl (C=O) groups is 1. The summed E-state index contributed by atoms with van der Waals surface area (Å²) in [7, 11) is 0. The molecule has 0 radical (unpaired) electrons. The Balaban J connectivity index is 3.27. The van der Waals surface area contributed by atoms with Gasteiger partial charge >= 0.3 is 12.0 Å². The van der Waals surface area contributed by atoms with Crippen molar-refractivity contribution in [2.45, 2.75) is 33.2 Å². The third kappa shape index (κ3) is 2.26. The molecule has 0 saturated carbocycles. The standard InChI is InChI=1S/C9H15N3O3/c1-5-15-8-11-10-6(7(13)14)12(8)9(2,3)4/h5H2,1-4H3,(H,13,14). The molecule has 1 aromatic rings. The Morgan fingerprint density at radius 1 is 1.47 bits per heavy atom. The third-order valence-electron chi connectivity index (χ3n) is 1.77. The number of rotatable bonds is 3. The van der Waals surface area contributed by atoms with Gasteiger partial charge in [0.2, 0.25) is 5.82 Å². The van der Waals surface area contributed by atoms with Gasteiger partial charge in [0, 0.05) is 5.54 Å². The van der Waals surface area contributed by atoms with E-state index in [0.717, 1.165) is 0 Å². The van der Waals surface area contributed by atoms with Crippen LogP contribution in [0.4, 0.5) is 0 Å². The quantitative estimate of drug-likeness (QED) is 0.814. The SMILES string of the molecule is CCOc1nnc(C(=O)O)n1C(C)(C)C. The van der Waals surface area contributed by atoms with Crippen LogP contribution in [0.3, 0.4) is 0 Å². The van der Waals surface area contributed by atoms with E-state index in [-0.39, 0.29) is 11.8 Å². The maximum atomic E-state index is 10.9. The molecule has 6 heteroatoms. The average molecular weight is 213 g/mol. The van der Waals surface area contributed by atoms with Crippen molar-refractivity contribution in [2.24, 2.45) is 0 Å². The third-order valence-corrected chi connectivity index (χ3v) is 1.77. The van der Waals surface area contributed by atoms with Gasteiger partial charge in [-0.05, 0) is 27.7 Å². The molecule has 0 amide bonds. The van der Waals surface area contributed by atoms with Crippen molar-refractivity contribution in [3.63, 3.8) is 0 Å². The Morgan fingerprint density at radius 2 is 2.07 bits per heavy atom. The van der Waals surface area contributed by atoms with Crippen molar-refractivity contribution in [2.75, 3.05) is 6.61 Å². The Labute approximate surface area is 87.9 Å². The molecule has 1 heterocycles. The molecule has 6 nitrogen and oxygen atoms in total. The molecular formula is C9H15N3O3. The van der Waals surface area contributed by atoms with Crippen molar-refractivity contribution in [1.82, 2.24) is 14.8 Å². The van der Waals surface area contributed by atoms with Crippen LogP contribution in [0.2, 0.25) is 0 Å². The van der Waals surface area contributed by atoms with Gasteiger partial charge < -0.3 is 9.84 Å². The lowest BCUT2D eigenvalue weighted by Crippen LogP contribution is -2.27. The Kier molecular flexibility index (Phi) is 2.97. The van der Waals surface area contributed by atoms with E-state index in [1.54, 1.807) is 0 Å². The van der Waals surface area contributed by atoms with E-state index in [1.807, 2.05) is 27.7 Å². The van der Waals surface area contributed by atoms with E-state index in [2.05, 4.69) is 10.2 Å². The van der Waals surface area contributed by atoms with Gasteiger partial charge in [-0.1, -0.05) is 5.10 Å². The first-order chi connectivity index (χ1) is 6.88. The minimum absolute atomic E-state index is 0.106. The van der Waals surface area contributed by atoms with Gasteiger partial charge in [-0.15, -0.1) is 5.10 Å². The number of hydrogen-bond acceptors (Lipinski definition) is 4. The van der Waals surface area contributed by atoms with Crippen molar-refractivity contribution in [3.05, 3.63) is 5.82 Å². The molecule has 0 fully saturated rings. The van der Waals surface area contributed by atoms with Crippen LogP contribution in [0.1, 0.15) is 38.3 Å². The zero-order valence-corrected chi connectivity index (χ0v) is 9.31. The van der Waals surface area contributed by atoms with Crippen LogP contribution in [0.5, 0.6) is 6.01 Å². The monoisotopic (exact) mass is 213 g/mol. The van der Waals surface area contributed by atoms with Gasteiger partial charge in [-0.2, -0.15) is 0 Å². The smallest absolute Gasteiger partial charge is 0.374 e. The molecule has 0 unspecified atom stereocenters. The summed E-state index contributed by atoms with van der Waals surface area (Å²) >= 11 is 0. The van der Waals surface area contributed by atoms with Crippen LogP contribution in [0.15, 0.2) is 0 Å². The zero-order chi connectivity index (χ0) is 11.6. The molecule has 0 aliphatic heterocycles. The van der Waals surface area contributed by atoms with E-state index in [1.165, 1.54) is 4.57 Å². The van der Waals surface area contributed by atoms with Crippen molar-refractivity contribution in [3.8, 4) is 6.01 Å². The van der Waals surface area contributed by atoms with E-state index >= 15 is 0 Å². The first-order valence-electron chi connectivity index (χ1n) is 4.70. The van der Waals surface area contributed by atoms with Crippen LogP contribution in [-0.2, 0) is 5.54 Å². The van der Waals surface area contributed by atoms with Gasteiger partial charge in [0.15, 0.2) is 0 Å². The maximum absolute atomic E-state index is 10.9. The second kappa shape index (κ2) is 3.88. The number of nitrogens with zero attached hydrogens (tertiary/aromatic N) is 3. The Bertz CT molecular complexity index is 365. The van der Waals surface area contributed by atoms with Gasteiger partial charge in [-0.3, -0.25) is 4.57 Å². The van der Waals surface area contributed by atoms with E-state index < -0.39 is 11.5 Å². The molecule has 0 atom stereocenters. The second-order valence-electron chi connectivity index (χ2n) is 4.05. The number of hydrogen-bond donors (Lipinski definition) is 1. The highest BCUT2D eigenvalue weighted by Gasteiger charge is 2.27. The molecule has 0 aromatic carbocycles. The fourth-order valence-corrected chi connectivity index (χ4v) is 1.24. The van der Waals surface area contributed by atoms with Gasteiger partial charge in [0.1, 0.15) is 0 Å². The molecule has 0 aliphatic rings. The minimum atomic E-state index is -1.11. The summed E-state index contributed by atoms with van der Waals surface area (Å²) in [6, 6.07) is 0.238. The minimum Gasteiger partial charge on any atom is -0.475 e.